The molecule has 3 heterocycles. The van der Waals surface area contributed by atoms with E-state index in [4.69, 9.17) is 11.5 Å². The van der Waals surface area contributed by atoms with Gasteiger partial charge in [-0.3, -0.25) is 0 Å². The SMILES string of the molecule is CN1CCN(c2ccc(-c3cnc(N)nc3N)cn2)CC1. The molecule has 0 spiro atoms. The summed E-state index contributed by atoms with van der Waals surface area (Å²) in [6.07, 6.45) is 3.43. The molecule has 1 fully saturated rings. The Hall–Kier alpha value is -2.41. The van der Waals surface area contributed by atoms with Gasteiger partial charge in [0.1, 0.15) is 11.6 Å². The first-order valence-electron chi connectivity index (χ1n) is 6.91. The van der Waals surface area contributed by atoms with Crippen LogP contribution in [0.1, 0.15) is 0 Å². The minimum atomic E-state index is 0.179. The van der Waals surface area contributed by atoms with Crippen LogP contribution in [0.2, 0.25) is 0 Å². The summed E-state index contributed by atoms with van der Waals surface area (Å²) in [6.45, 7) is 4.11. The molecule has 7 nitrogen and oxygen atoms in total. The van der Waals surface area contributed by atoms with Gasteiger partial charge in [0, 0.05) is 49.7 Å². The standard InChI is InChI=1S/C14H19N7/c1-20-4-6-21(7-5-20)12-3-2-10(8-17-12)11-9-18-14(16)19-13(11)15/h2-3,8-9H,4-7H2,1H3,(H4,15,16,18,19). The van der Waals surface area contributed by atoms with Crippen molar-refractivity contribution < 1.29 is 0 Å². The van der Waals surface area contributed by atoms with Gasteiger partial charge in [-0.1, -0.05) is 0 Å². The summed E-state index contributed by atoms with van der Waals surface area (Å²) >= 11 is 0. The first-order chi connectivity index (χ1) is 10.1. The number of likely N-dealkylation sites (N-methyl/N-ethyl adjacent to an activating group) is 1. The fraction of sp³-hybridized carbons (Fsp3) is 0.357. The third-order valence-electron chi connectivity index (χ3n) is 3.72. The summed E-state index contributed by atoms with van der Waals surface area (Å²) in [5, 5.41) is 0. The molecule has 1 aliphatic rings. The predicted molar refractivity (Wildman–Crippen MR) is 83.8 cm³/mol. The van der Waals surface area contributed by atoms with Gasteiger partial charge in [0.25, 0.3) is 0 Å². The van der Waals surface area contributed by atoms with Crippen LogP contribution in [0.15, 0.2) is 24.5 Å². The monoisotopic (exact) mass is 285 g/mol. The van der Waals surface area contributed by atoms with Crippen LogP contribution < -0.4 is 16.4 Å². The predicted octanol–water partition coefficient (Wildman–Crippen LogP) is 0.455. The van der Waals surface area contributed by atoms with E-state index in [-0.39, 0.29) is 5.95 Å². The van der Waals surface area contributed by atoms with Crippen molar-refractivity contribution in [2.24, 2.45) is 0 Å². The van der Waals surface area contributed by atoms with Crippen molar-refractivity contribution in [1.82, 2.24) is 19.9 Å². The Morgan fingerprint density at radius 3 is 2.38 bits per heavy atom. The molecule has 3 rings (SSSR count). The molecular weight excluding hydrogens is 266 g/mol. The molecule has 7 heteroatoms. The van der Waals surface area contributed by atoms with Crippen molar-refractivity contribution >= 4 is 17.6 Å². The summed E-state index contributed by atoms with van der Waals surface area (Å²) in [5.41, 5.74) is 13.0. The molecule has 2 aromatic heterocycles. The number of anilines is 3. The molecule has 0 saturated carbocycles. The van der Waals surface area contributed by atoms with Gasteiger partial charge in [0.05, 0.1) is 0 Å². The van der Waals surface area contributed by atoms with Gasteiger partial charge in [0.15, 0.2) is 0 Å². The summed E-state index contributed by atoms with van der Waals surface area (Å²) in [4.78, 5) is 17.1. The molecule has 2 aromatic rings. The van der Waals surface area contributed by atoms with Gasteiger partial charge < -0.3 is 21.3 Å². The van der Waals surface area contributed by atoms with E-state index < -0.39 is 0 Å². The average molecular weight is 285 g/mol. The second-order valence-electron chi connectivity index (χ2n) is 5.22. The largest absolute Gasteiger partial charge is 0.383 e. The van der Waals surface area contributed by atoms with Crippen LogP contribution in [0, 0.1) is 0 Å². The minimum absolute atomic E-state index is 0.179. The Bertz CT molecular complexity index is 618. The lowest BCUT2D eigenvalue weighted by Gasteiger charge is -2.33. The van der Waals surface area contributed by atoms with E-state index in [1.165, 1.54) is 0 Å². The highest BCUT2D eigenvalue weighted by Gasteiger charge is 2.15. The van der Waals surface area contributed by atoms with Crippen molar-refractivity contribution in [3.8, 4) is 11.1 Å². The molecule has 0 bridgehead atoms. The zero-order valence-corrected chi connectivity index (χ0v) is 12.0. The lowest BCUT2D eigenvalue weighted by molar-refractivity contribution is 0.312. The fourth-order valence-corrected chi connectivity index (χ4v) is 2.40. The lowest BCUT2D eigenvalue weighted by atomic mass is 10.1. The molecule has 1 saturated heterocycles. The number of nitrogen functional groups attached to an aromatic ring is 2. The first kappa shape index (κ1) is 13.6. The fourth-order valence-electron chi connectivity index (χ4n) is 2.40. The number of aromatic nitrogens is 3. The van der Waals surface area contributed by atoms with E-state index >= 15 is 0 Å². The number of rotatable bonds is 2. The molecular formula is C14H19N7. The Kier molecular flexibility index (Phi) is 3.57. The molecule has 0 unspecified atom stereocenters. The molecule has 0 aromatic carbocycles. The summed E-state index contributed by atoms with van der Waals surface area (Å²) in [6, 6.07) is 4.00. The van der Waals surface area contributed by atoms with E-state index in [2.05, 4.69) is 31.8 Å². The van der Waals surface area contributed by atoms with Crippen molar-refractivity contribution in [2.45, 2.75) is 0 Å². The molecule has 0 atom stereocenters. The Balaban J connectivity index is 1.80. The Morgan fingerprint density at radius 1 is 1.00 bits per heavy atom. The maximum atomic E-state index is 5.87. The van der Waals surface area contributed by atoms with E-state index in [0.717, 1.165) is 43.1 Å². The smallest absolute Gasteiger partial charge is 0.221 e. The van der Waals surface area contributed by atoms with Gasteiger partial charge in [0.2, 0.25) is 5.95 Å². The molecule has 0 amide bonds. The minimum Gasteiger partial charge on any atom is -0.383 e. The van der Waals surface area contributed by atoms with E-state index in [9.17, 15) is 0 Å². The molecule has 1 aliphatic heterocycles. The second kappa shape index (κ2) is 5.53. The van der Waals surface area contributed by atoms with Crippen LogP contribution in [0.5, 0.6) is 0 Å². The van der Waals surface area contributed by atoms with Crippen molar-refractivity contribution in [1.29, 1.82) is 0 Å². The number of piperazine rings is 1. The number of nitrogens with zero attached hydrogens (tertiary/aromatic N) is 5. The molecule has 4 N–H and O–H groups in total. The van der Waals surface area contributed by atoms with Crippen LogP contribution in [0.25, 0.3) is 11.1 Å². The molecule has 0 radical (unpaired) electrons. The van der Waals surface area contributed by atoms with Crippen molar-refractivity contribution in [3.63, 3.8) is 0 Å². The zero-order chi connectivity index (χ0) is 14.8. The second-order valence-corrected chi connectivity index (χ2v) is 5.22. The normalized spacial score (nSPS) is 16.1. The maximum Gasteiger partial charge on any atom is 0.221 e. The molecule has 21 heavy (non-hydrogen) atoms. The third-order valence-corrected chi connectivity index (χ3v) is 3.72. The van der Waals surface area contributed by atoms with Gasteiger partial charge >= 0.3 is 0 Å². The molecule has 0 aliphatic carbocycles. The van der Waals surface area contributed by atoms with Crippen LogP contribution in [0.3, 0.4) is 0 Å². The average Bonchev–Trinajstić information content (AvgIpc) is 2.48. The number of hydrogen-bond acceptors (Lipinski definition) is 7. The van der Waals surface area contributed by atoms with Crippen molar-refractivity contribution in [3.05, 3.63) is 24.5 Å². The van der Waals surface area contributed by atoms with Crippen LogP contribution in [0.4, 0.5) is 17.6 Å². The van der Waals surface area contributed by atoms with E-state index in [1.807, 2.05) is 12.1 Å². The summed E-state index contributed by atoms with van der Waals surface area (Å²) < 4.78 is 0. The first-order valence-corrected chi connectivity index (χ1v) is 6.91. The maximum absolute atomic E-state index is 5.87. The Labute approximate surface area is 123 Å². The van der Waals surface area contributed by atoms with E-state index in [0.29, 0.717) is 5.82 Å². The van der Waals surface area contributed by atoms with Crippen LogP contribution in [-0.2, 0) is 0 Å². The third kappa shape index (κ3) is 2.87. The summed E-state index contributed by atoms with van der Waals surface area (Å²) in [5.74, 6) is 1.54. The van der Waals surface area contributed by atoms with Crippen molar-refractivity contribution in [2.75, 3.05) is 49.6 Å². The highest BCUT2D eigenvalue weighted by molar-refractivity contribution is 5.73. The van der Waals surface area contributed by atoms with Crippen LogP contribution in [-0.4, -0.2) is 53.1 Å². The Morgan fingerprint density at radius 2 is 1.76 bits per heavy atom. The number of nitrogens with two attached hydrogens (primary N) is 2. The van der Waals surface area contributed by atoms with Crippen LogP contribution >= 0.6 is 0 Å². The van der Waals surface area contributed by atoms with Gasteiger partial charge in [-0.15, -0.1) is 0 Å². The summed E-state index contributed by atoms with van der Waals surface area (Å²) in [7, 11) is 2.14. The van der Waals surface area contributed by atoms with E-state index in [1.54, 1.807) is 12.4 Å². The lowest BCUT2D eigenvalue weighted by Crippen LogP contribution is -2.44. The van der Waals surface area contributed by atoms with Gasteiger partial charge in [-0.25, -0.2) is 9.97 Å². The molecule has 110 valence electrons. The quantitative estimate of drug-likeness (QED) is 0.827. The number of pyridine rings is 1. The highest BCUT2D eigenvalue weighted by Crippen LogP contribution is 2.25. The van der Waals surface area contributed by atoms with Gasteiger partial charge in [-0.05, 0) is 19.2 Å². The van der Waals surface area contributed by atoms with Gasteiger partial charge in [-0.2, -0.15) is 4.98 Å². The number of hydrogen-bond donors (Lipinski definition) is 2. The topological polar surface area (TPSA) is 97.2 Å². The highest BCUT2D eigenvalue weighted by atomic mass is 15.3. The zero-order valence-electron chi connectivity index (χ0n) is 12.0.